The minimum atomic E-state index is 0.0280. The van der Waals surface area contributed by atoms with Crippen LogP contribution in [-0.2, 0) is 11.2 Å². The quantitative estimate of drug-likeness (QED) is 0.842. The normalized spacial score (nSPS) is 11.9. The summed E-state index contributed by atoms with van der Waals surface area (Å²) < 4.78 is 5.10. The smallest absolute Gasteiger partial charge is 0.224 e. The summed E-state index contributed by atoms with van der Waals surface area (Å²) in [5.41, 5.74) is 0.957. The first-order chi connectivity index (χ1) is 7.65. The molecule has 1 N–H and O–H groups in total. The first kappa shape index (κ1) is 13.0. The van der Waals surface area contributed by atoms with E-state index in [0.29, 0.717) is 6.42 Å². The fraction of sp³-hybridized carbons (Fsp3) is 0.417. The van der Waals surface area contributed by atoms with Gasteiger partial charge in [0.2, 0.25) is 5.91 Å². The summed E-state index contributed by atoms with van der Waals surface area (Å²) in [4.78, 5) is 11.6. The average Bonchev–Trinajstić information content (AvgIpc) is 2.28. The van der Waals surface area contributed by atoms with Crippen molar-refractivity contribution in [1.29, 1.82) is 0 Å². The van der Waals surface area contributed by atoms with E-state index >= 15 is 0 Å². The Balaban J connectivity index is 2.55. The minimum absolute atomic E-state index is 0.0280. The number of amides is 1. The summed E-state index contributed by atoms with van der Waals surface area (Å²) in [6.07, 6.45) is 0.383. The lowest BCUT2D eigenvalue weighted by atomic mass is 10.1. The minimum Gasteiger partial charge on any atom is -0.497 e. The number of halogens is 1. The fourth-order valence-electron chi connectivity index (χ4n) is 1.33. The van der Waals surface area contributed by atoms with Crippen molar-refractivity contribution in [3.63, 3.8) is 0 Å². The third kappa shape index (κ3) is 4.23. The number of hydrogen-bond donors (Lipinski definition) is 1. The van der Waals surface area contributed by atoms with E-state index in [1.807, 2.05) is 31.2 Å². The molecule has 1 aromatic carbocycles. The molecule has 0 aliphatic carbocycles. The van der Waals surface area contributed by atoms with Crippen molar-refractivity contribution in [2.45, 2.75) is 19.4 Å². The van der Waals surface area contributed by atoms with Crippen molar-refractivity contribution in [2.24, 2.45) is 0 Å². The van der Waals surface area contributed by atoms with E-state index in [1.54, 1.807) is 7.11 Å². The maximum atomic E-state index is 11.6. The molecule has 0 heterocycles. The van der Waals surface area contributed by atoms with E-state index in [-0.39, 0.29) is 11.9 Å². The number of carbonyl (C=O) groups excluding carboxylic acids is 1. The summed E-state index contributed by atoms with van der Waals surface area (Å²) in [7, 11) is 1.62. The lowest BCUT2D eigenvalue weighted by molar-refractivity contribution is -0.120. The Labute approximate surface area is 104 Å². The molecular formula is C12H16BrNO2. The van der Waals surface area contributed by atoms with E-state index in [4.69, 9.17) is 4.74 Å². The molecule has 0 aromatic heterocycles. The molecule has 0 aliphatic rings. The van der Waals surface area contributed by atoms with Crippen LogP contribution in [0.25, 0.3) is 0 Å². The molecule has 88 valence electrons. The zero-order valence-electron chi connectivity index (χ0n) is 9.50. The molecule has 0 fully saturated rings. The maximum absolute atomic E-state index is 11.6. The van der Waals surface area contributed by atoms with Gasteiger partial charge in [0.1, 0.15) is 5.75 Å². The first-order valence-electron chi connectivity index (χ1n) is 5.14. The van der Waals surface area contributed by atoms with Crippen LogP contribution in [0.4, 0.5) is 0 Å². The number of rotatable bonds is 5. The molecule has 1 atom stereocenters. The lowest BCUT2D eigenvalue weighted by Gasteiger charge is -2.10. The summed E-state index contributed by atoms with van der Waals surface area (Å²) in [6.45, 7) is 1.96. The van der Waals surface area contributed by atoms with E-state index < -0.39 is 0 Å². The molecule has 16 heavy (non-hydrogen) atoms. The number of methoxy groups -OCH3 is 1. The highest BCUT2D eigenvalue weighted by Gasteiger charge is 2.07. The topological polar surface area (TPSA) is 38.3 Å². The molecule has 0 spiro atoms. The van der Waals surface area contributed by atoms with Crippen LogP contribution in [0.2, 0.25) is 0 Å². The van der Waals surface area contributed by atoms with Crippen molar-refractivity contribution >= 4 is 21.8 Å². The number of ether oxygens (including phenoxy) is 1. The van der Waals surface area contributed by atoms with Gasteiger partial charge >= 0.3 is 0 Å². The molecule has 0 aliphatic heterocycles. The van der Waals surface area contributed by atoms with Gasteiger partial charge in [-0.3, -0.25) is 4.79 Å². The molecular weight excluding hydrogens is 270 g/mol. The lowest BCUT2D eigenvalue weighted by Crippen LogP contribution is -2.34. The molecule has 1 unspecified atom stereocenters. The van der Waals surface area contributed by atoms with Crippen LogP contribution in [-0.4, -0.2) is 24.4 Å². The van der Waals surface area contributed by atoms with Gasteiger partial charge in [-0.05, 0) is 24.6 Å². The van der Waals surface area contributed by atoms with Gasteiger partial charge in [-0.15, -0.1) is 0 Å². The van der Waals surface area contributed by atoms with Crippen LogP contribution < -0.4 is 10.1 Å². The van der Waals surface area contributed by atoms with E-state index in [1.165, 1.54) is 0 Å². The van der Waals surface area contributed by atoms with Crippen LogP contribution in [0.5, 0.6) is 5.75 Å². The van der Waals surface area contributed by atoms with Crippen molar-refractivity contribution < 1.29 is 9.53 Å². The fourth-order valence-corrected chi connectivity index (χ4v) is 1.49. The third-order valence-electron chi connectivity index (χ3n) is 2.14. The van der Waals surface area contributed by atoms with Crippen LogP contribution in [0.15, 0.2) is 24.3 Å². The number of hydrogen-bond acceptors (Lipinski definition) is 2. The van der Waals surface area contributed by atoms with Gasteiger partial charge in [0.15, 0.2) is 0 Å². The monoisotopic (exact) mass is 285 g/mol. The number of carbonyl (C=O) groups is 1. The van der Waals surface area contributed by atoms with E-state index in [0.717, 1.165) is 16.6 Å². The van der Waals surface area contributed by atoms with Crippen molar-refractivity contribution in [3.05, 3.63) is 29.8 Å². The Bertz CT molecular complexity index is 355. The van der Waals surface area contributed by atoms with Crippen LogP contribution in [0.3, 0.4) is 0 Å². The van der Waals surface area contributed by atoms with Gasteiger partial charge in [-0.25, -0.2) is 0 Å². The Morgan fingerprint density at radius 1 is 1.56 bits per heavy atom. The molecule has 0 radical (unpaired) electrons. The molecule has 0 saturated heterocycles. The molecule has 1 aromatic rings. The summed E-state index contributed by atoms with van der Waals surface area (Å²) in [5, 5.41) is 3.65. The molecule has 0 saturated carbocycles. The predicted molar refractivity (Wildman–Crippen MR) is 68.1 cm³/mol. The van der Waals surface area contributed by atoms with Crippen LogP contribution >= 0.6 is 15.9 Å². The third-order valence-corrected chi connectivity index (χ3v) is 3.11. The second-order valence-corrected chi connectivity index (χ2v) is 4.30. The van der Waals surface area contributed by atoms with Gasteiger partial charge in [0.05, 0.1) is 13.5 Å². The van der Waals surface area contributed by atoms with Crippen molar-refractivity contribution in [3.8, 4) is 5.75 Å². The largest absolute Gasteiger partial charge is 0.497 e. The summed E-state index contributed by atoms with van der Waals surface area (Å²) >= 11 is 3.32. The Morgan fingerprint density at radius 3 is 2.94 bits per heavy atom. The molecule has 1 rings (SSSR count). The second kappa shape index (κ2) is 6.53. The van der Waals surface area contributed by atoms with Gasteiger partial charge in [-0.2, -0.15) is 0 Å². The van der Waals surface area contributed by atoms with Crippen molar-refractivity contribution in [1.82, 2.24) is 5.32 Å². The molecule has 1 amide bonds. The SMILES string of the molecule is COc1cccc(CC(=O)NC(C)CBr)c1. The standard InChI is InChI=1S/C12H16BrNO2/c1-9(8-13)14-12(15)7-10-4-3-5-11(6-10)16-2/h3-6,9H,7-8H2,1-2H3,(H,14,15). The van der Waals surface area contributed by atoms with Gasteiger partial charge in [0, 0.05) is 11.4 Å². The van der Waals surface area contributed by atoms with Crippen LogP contribution in [0, 0.1) is 0 Å². The molecule has 3 nitrogen and oxygen atoms in total. The highest BCUT2D eigenvalue weighted by Crippen LogP contribution is 2.12. The summed E-state index contributed by atoms with van der Waals surface area (Å²) in [6, 6.07) is 7.69. The zero-order valence-corrected chi connectivity index (χ0v) is 11.1. The average molecular weight is 286 g/mol. The van der Waals surface area contributed by atoms with Crippen LogP contribution in [0.1, 0.15) is 12.5 Å². The number of nitrogens with one attached hydrogen (secondary N) is 1. The van der Waals surface area contributed by atoms with Gasteiger partial charge in [-0.1, -0.05) is 28.1 Å². The Kier molecular flexibility index (Phi) is 5.32. The van der Waals surface area contributed by atoms with Crippen molar-refractivity contribution in [2.75, 3.05) is 12.4 Å². The number of benzene rings is 1. The highest BCUT2D eigenvalue weighted by molar-refractivity contribution is 9.09. The maximum Gasteiger partial charge on any atom is 0.224 e. The second-order valence-electron chi connectivity index (χ2n) is 3.65. The molecule has 0 bridgehead atoms. The highest BCUT2D eigenvalue weighted by atomic mass is 79.9. The van der Waals surface area contributed by atoms with E-state index in [2.05, 4.69) is 21.2 Å². The van der Waals surface area contributed by atoms with Gasteiger partial charge in [0.25, 0.3) is 0 Å². The molecule has 4 heteroatoms. The van der Waals surface area contributed by atoms with E-state index in [9.17, 15) is 4.79 Å². The summed E-state index contributed by atoms with van der Waals surface area (Å²) in [5.74, 6) is 0.805. The predicted octanol–water partition coefficient (Wildman–Crippen LogP) is 2.14. The Hall–Kier alpha value is -1.03. The number of alkyl halides is 1. The van der Waals surface area contributed by atoms with Gasteiger partial charge < -0.3 is 10.1 Å². The zero-order chi connectivity index (χ0) is 12.0. The first-order valence-corrected chi connectivity index (χ1v) is 6.26. The Morgan fingerprint density at radius 2 is 2.31 bits per heavy atom.